The average Bonchev–Trinajstić information content (AvgIpc) is 3.33. The predicted octanol–water partition coefficient (Wildman–Crippen LogP) is 2.00. The van der Waals surface area contributed by atoms with Gasteiger partial charge in [-0.15, -0.1) is 0 Å². The number of nitrogens with zero attached hydrogens (tertiary/aromatic N) is 2. The molecular formula is C21H22N4O5. The van der Waals surface area contributed by atoms with Gasteiger partial charge in [0, 0.05) is 49.2 Å². The summed E-state index contributed by atoms with van der Waals surface area (Å²) in [6.07, 6.45) is 0. The van der Waals surface area contributed by atoms with Gasteiger partial charge in [0.1, 0.15) is 0 Å². The quantitative estimate of drug-likeness (QED) is 0.679. The van der Waals surface area contributed by atoms with Crippen LogP contribution in [0.1, 0.15) is 6.92 Å². The lowest BCUT2D eigenvalue weighted by Crippen LogP contribution is -2.53. The number of anilines is 2. The monoisotopic (exact) mass is 410 g/mol. The molecule has 0 radical (unpaired) electrons. The van der Waals surface area contributed by atoms with E-state index in [1.165, 1.54) is 0 Å². The maximum atomic E-state index is 12.6. The van der Waals surface area contributed by atoms with Crippen LogP contribution in [0.5, 0.6) is 11.5 Å². The zero-order chi connectivity index (χ0) is 20.7. The van der Waals surface area contributed by atoms with E-state index in [0.29, 0.717) is 23.3 Å². The summed E-state index contributed by atoms with van der Waals surface area (Å²) < 4.78 is 15.9. The summed E-state index contributed by atoms with van der Waals surface area (Å²) in [7, 11) is 0. The van der Waals surface area contributed by atoms with Gasteiger partial charge in [0.2, 0.25) is 12.7 Å². The molecule has 0 aliphatic carbocycles. The first-order chi connectivity index (χ1) is 14.5. The minimum absolute atomic E-state index is 0.101. The van der Waals surface area contributed by atoms with Crippen molar-refractivity contribution in [3.05, 3.63) is 46.9 Å². The van der Waals surface area contributed by atoms with Crippen LogP contribution in [-0.2, 0) is 4.79 Å². The standard InChI is InChI=1S/C21H22N4O5/c1-13-10-25(15-3-5-17-19(9-15)29-12-28-17)7-6-24(13)11-20(26)22-14-2-4-16-18(8-14)30-21(27)23-16/h2-5,8-9,13H,6-7,10-12H2,1H3,(H,22,26)(H,23,27)/t13-/m1/s1. The molecule has 1 aromatic heterocycles. The SMILES string of the molecule is C[C@@H]1CN(c2ccc3c(c2)OCO3)CCN1CC(=O)Nc1ccc2[nH]c(=O)oc2c1. The number of benzene rings is 2. The summed E-state index contributed by atoms with van der Waals surface area (Å²) in [6.45, 7) is 5.08. The highest BCUT2D eigenvalue weighted by atomic mass is 16.7. The number of hydrogen-bond donors (Lipinski definition) is 2. The molecule has 2 N–H and O–H groups in total. The van der Waals surface area contributed by atoms with Crippen molar-refractivity contribution in [2.75, 3.05) is 43.2 Å². The van der Waals surface area contributed by atoms with Crippen LogP contribution in [0.3, 0.4) is 0 Å². The third-order valence-electron chi connectivity index (χ3n) is 5.54. The van der Waals surface area contributed by atoms with Crippen molar-refractivity contribution >= 4 is 28.4 Å². The number of ether oxygens (including phenoxy) is 2. The molecular weight excluding hydrogens is 388 g/mol. The number of carbonyl (C=O) groups is 1. The first-order valence-electron chi connectivity index (χ1n) is 9.86. The Kier molecular flexibility index (Phi) is 4.59. The van der Waals surface area contributed by atoms with Gasteiger partial charge in [-0.2, -0.15) is 0 Å². The summed E-state index contributed by atoms with van der Waals surface area (Å²) in [4.78, 5) is 30.9. The molecule has 2 aliphatic heterocycles. The number of rotatable bonds is 4. The first-order valence-corrected chi connectivity index (χ1v) is 9.86. The van der Waals surface area contributed by atoms with E-state index >= 15 is 0 Å². The van der Waals surface area contributed by atoms with E-state index in [1.54, 1.807) is 18.2 Å². The van der Waals surface area contributed by atoms with Crippen LogP contribution in [0.15, 0.2) is 45.6 Å². The number of amides is 1. The van der Waals surface area contributed by atoms with Crippen molar-refractivity contribution in [1.29, 1.82) is 0 Å². The van der Waals surface area contributed by atoms with Gasteiger partial charge < -0.3 is 24.1 Å². The second-order valence-corrected chi connectivity index (χ2v) is 7.58. The fourth-order valence-corrected chi connectivity index (χ4v) is 3.95. The predicted molar refractivity (Wildman–Crippen MR) is 111 cm³/mol. The van der Waals surface area contributed by atoms with Crippen LogP contribution in [0.2, 0.25) is 0 Å². The van der Waals surface area contributed by atoms with Crippen molar-refractivity contribution < 1.29 is 18.7 Å². The van der Waals surface area contributed by atoms with Gasteiger partial charge in [0.15, 0.2) is 17.1 Å². The van der Waals surface area contributed by atoms with Crippen LogP contribution in [0.4, 0.5) is 11.4 Å². The van der Waals surface area contributed by atoms with E-state index in [4.69, 9.17) is 13.9 Å². The molecule has 1 fully saturated rings. The first kappa shape index (κ1) is 18.6. The van der Waals surface area contributed by atoms with Crippen LogP contribution in [0.25, 0.3) is 11.1 Å². The third-order valence-corrected chi connectivity index (χ3v) is 5.54. The van der Waals surface area contributed by atoms with Crippen molar-refractivity contribution in [3.8, 4) is 11.5 Å². The molecule has 1 atom stereocenters. The van der Waals surface area contributed by atoms with E-state index in [2.05, 4.69) is 27.0 Å². The van der Waals surface area contributed by atoms with Crippen LogP contribution >= 0.6 is 0 Å². The van der Waals surface area contributed by atoms with Crippen molar-refractivity contribution in [2.45, 2.75) is 13.0 Å². The minimum atomic E-state index is -0.511. The third kappa shape index (κ3) is 3.59. The highest BCUT2D eigenvalue weighted by molar-refractivity contribution is 5.94. The Balaban J connectivity index is 1.19. The molecule has 0 saturated carbocycles. The second-order valence-electron chi connectivity index (χ2n) is 7.58. The summed E-state index contributed by atoms with van der Waals surface area (Å²) in [5, 5.41) is 2.88. The fraction of sp³-hybridized carbons (Fsp3) is 0.333. The van der Waals surface area contributed by atoms with Crippen molar-refractivity contribution in [2.24, 2.45) is 0 Å². The van der Waals surface area contributed by atoms with E-state index in [9.17, 15) is 9.59 Å². The number of H-pyrrole nitrogens is 1. The van der Waals surface area contributed by atoms with Gasteiger partial charge in [-0.1, -0.05) is 0 Å². The highest BCUT2D eigenvalue weighted by Gasteiger charge is 2.26. The smallest absolute Gasteiger partial charge is 0.417 e. The van der Waals surface area contributed by atoms with Gasteiger partial charge in [0.25, 0.3) is 0 Å². The molecule has 3 heterocycles. The molecule has 0 bridgehead atoms. The molecule has 5 rings (SSSR count). The van der Waals surface area contributed by atoms with Crippen molar-refractivity contribution in [3.63, 3.8) is 0 Å². The summed E-state index contributed by atoms with van der Waals surface area (Å²) in [6, 6.07) is 11.3. The zero-order valence-corrected chi connectivity index (χ0v) is 16.5. The second kappa shape index (κ2) is 7.42. The number of oxazole rings is 1. The van der Waals surface area contributed by atoms with Crippen LogP contribution in [-0.4, -0.2) is 54.8 Å². The topological polar surface area (TPSA) is 100 Å². The van der Waals surface area contributed by atoms with Crippen LogP contribution in [0, 0.1) is 0 Å². The number of hydrogen-bond acceptors (Lipinski definition) is 7. The van der Waals surface area contributed by atoms with Gasteiger partial charge in [-0.25, -0.2) is 4.79 Å². The Morgan fingerprint density at radius 1 is 1.17 bits per heavy atom. The normalized spacial score (nSPS) is 18.7. The molecule has 1 saturated heterocycles. The van der Waals surface area contributed by atoms with E-state index in [-0.39, 0.29) is 18.7 Å². The lowest BCUT2D eigenvalue weighted by molar-refractivity contribution is -0.117. The zero-order valence-electron chi connectivity index (χ0n) is 16.5. The summed E-state index contributed by atoms with van der Waals surface area (Å²) >= 11 is 0. The van der Waals surface area contributed by atoms with Gasteiger partial charge in [-0.05, 0) is 31.2 Å². The Morgan fingerprint density at radius 3 is 2.90 bits per heavy atom. The molecule has 30 heavy (non-hydrogen) atoms. The lowest BCUT2D eigenvalue weighted by Gasteiger charge is -2.40. The summed E-state index contributed by atoms with van der Waals surface area (Å²) in [5.74, 6) is 0.939. The highest BCUT2D eigenvalue weighted by Crippen LogP contribution is 2.36. The van der Waals surface area contributed by atoms with Gasteiger partial charge in [0.05, 0.1) is 12.1 Å². The number of fused-ring (bicyclic) bond motifs is 2. The van der Waals surface area contributed by atoms with E-state index in [0.717, 1.165) is 36.8 Å². The summed E-state index contributed by atoms with van der Waals surface area (Å²) in [5.41, 5.74) is 2.72. The minimum Gasteiger partial charge on any atom is -0.454 e. The Bertz CT molecular complexity index is 1150. The largest absolute Gasteiger partial charge is 0.454 e. The van der Waals surface area contributed by atoms with Crippen LogP contribution < -0.4 is 25.4 Å². The number of carbonyl (C=O) groups excluding carboxylic acids is 1. The maximum absolute atomic E-state index is 12.6. The van der Waals surface area contributed by atoms with Crippen molar-refractivity contribution in [1.82, 2.24) is 9.88 Å². The fourth-order valence-electron chi connectivity index (χ4n) is 3.95. The van der Waals surface area contributed by atoms with E-state index < -0.39 is 5.76 Å². The van der Waals surface area contributed by atoms with Gasteiger partial charge >= 0.3 is 5.76 Å². The Labute approximate surface area is 172 Å². The molecule has 0 unspecified atom stereocenters. The average molecular weight is 410 g/mol. The molecule has 9 heteroatoms. The molecule has 9 nitrogen and oxygen atoms in total. The molecule has 1 amide bonds. The molecule has 0 spiro atoms. The molecule has 2 aliphatic rings. The Hall–Kier alpha value is -3.46. The number of aromatic amines is 1. The van der Waals surface area contributed by atoms with E-state index in [1.807, 2.05) is 18.2 Å². The number of aromatic nitrogens is 1. The molecule has 156 valence electrons. The lowest BCUT2D eigenvalue weighted by atomic mass is 10.1. The Morgan fingerprint density at radius 2 is 2.03 bits per heavy atom. The number of nitrogens with one attached hydrogen (secondary N) is 2. The number of piperazine rings is 1. The molecule has 2 aromatic carbocycles. The molecule has 3 aromatic rings. The van der Waals surface area contributed by atoms with Gasteiger partial charge in [-0.3, -0.25) is 14.7 Å². The maximum Gasteiger partial charge on any atom is 0.417 e.